The molecular formula is C19H22N4O. The summed E-state index contributed by atoms with van der Waals surface area (Å²) in [5.74, 6) is 0.544. The zero-order valence-corrected chi connectivity index (χ0v) is 14.1. The van der Waals surface area contributed by atoms with Gasteiger partial charge in [-0.2, -0.15) is 0 Å². The van der Waals surface area contributed by atoms with E-state index in [1.165, 1.54) is 31.5 Å². The SMILES string of the molecule is COc1nccn2c(-c3ccc(C(C)N4CCCC4)cc3)cnc12. The van der Waals surface area contributed by atoms with Gasteiger partial charge in [-0.25, -0.2) is 9.97 Å². The number of aromatic nitrogens is 3. The number of ether oxygens (including phenoxy) is 1. The van der Waals surface area contributed by atoms with Crippen molar-refractivity contribution in [2.24, 2.45) is 0 Å². The second-order valence-electron chi connectivity index (χ2n) is 6.31. The molecular weight excluding hydrogens is 300 g/mol. The quantitative estimate of drug-likeness (QED) is 0.736. The van der Waals surface area contributed by atoms with Crippen molar-refractivity contribution in [1.29, 1.82) is 0 Å². The Labute approximate surface area is 141 Å². The number of methoxy groups -OCH3 is 1. The Bertz CT molecular complexity index is 834. The van der Waals surface area contributed by atoms with Gasteiger partial charge in [-0.3, -0.25) is 9.30 Å². The van der Waals surface area contributed by atoms with Gasteiger partial charge in [0.15, 0.2) is 0 Å². The highest BCUT2D eigenvalue weighted by molar-refractivity contribution is 5.66. The van der Waals surface area contributed by atoms with Crippen molar-refractivity contribution in [3.05, 3.63) is 48.4 Å². The fourth-order valence-corrected chi connectivity index (χ4v) is 3.53. The van der Waals surface area contributed by atoms with E-state index in [1.54, 1.807) is 13.3 Å². The minimum atomic E-state index is 0.480. The van der Waals surface area contributed by atoms with Gasteiger partial charge in [0.1, 0.15) is 0 Å². The number of rotatable bonds is 4. The molecule has 0 amide bonds. The van der Waals surface area contributed by atoms with Crippen molar-refractivity contribution in [1.82, 2.24) is 19.3 Å². The average Bonchev–Trinajstić information content (AvgIpc) is 3.30. The van der Waals surface area contributed by atoms with E-state index < -0.39 is 0 Å². The van der Waals surface area contributed by atoms with Gasteiger partial charge in [0.25, 0.3) is 5.88 Å². The number of imidazole rings is 1. The molecule has 0 saturated carbocycles. The second kappa shape index (κ2) is 6.24. The van der Waals surface area contributed by atoms with E-state index in [2.05, 4.69) is 46.1 Å². The second-order valence-corrected chi connectivity index (χ2v) is 6.31. The van der Waals surface area contributed by atoms with E-state index in [9.17, 15) is 0 Å². The summed E-state index contributed by atoms with van der Waals surface area (Å²) in [6.07, 6.45) is 8.17. The van der Waals surface area contributed by atoms with E-state index in [0.717, 1.165) is 16.9 Å². The van der Waals surface area contributed by atoms with Crippen LogP contribution in [-0.2, 0) is 0 Å². The molecule has 0 radical (unpaired) electrons. The average molecular weight is 322 g/mol. The van der Waals surface area contributed by atoms with Crippen LogP contribution in [-0.4, -0.2) is 39.5 Å². The molecule has 3 aromatic rings. The Morgan fingerprint density at radius 2 is 1.83 bits per heavy atom. The maximum atomic E-state index is 5.28. The van der Waals surface area contributed by atoms with E-state index in [-0.39, 0.29) is 0 Å². The molecule has 0 aliphatic carbocycles. The number of fused-ring (bicyclic) bond motifs is 1. The van der Waals surface area contributed by atoms with Crippen LogP contribution in [0, 0.1) is 0 Å². The van der Waals surface area contributed by atoms with Crippen molar-refractivity contribution >= 4 is 5.65 Å². The van der Waals surface area contributed by atoms with Crippen molar-refractivity contribution in [2.75, 3.05) is 20.2 Å². The summed E-state index contributed by atoms with van der Waals surface area (Å²) in [7, 11) is 1.62. The highest BCUT2D eigenvalue weighted by Gasteiger charge is 2.19. The fraction of sp³-hybridized carbons (Fsp3) is 0.368. The van der Waals surface area contributed by atoms with Crippen LogP contribution in [0.2, 0.25) is 0 Å². The molecule has 5 heteroatoms. The third-order valence-corrected chi connectivity index (χ3v) is 4.97. The van der Waals surface area contributed by atoms with Crippen LogP contribution in [0.15, 0.2) is 42.9 Å². The minimum Gasteiger partial charge on any atom is -0.478 e. The molecule has 24 heavy (non-hydrogen) atoms. The van der Waals surface area contributed by atoms with E-state index in [4.69, 9.17) is 4.74 Å². The zero-order valence-electron chi connectivity index (χ0n) is 14.1. The lowest BCUT2D eigenvalue weighted by atomic mass is 10.0. The number of nitrogens with zero attached hydrogens (tertiary/aromatic N) is 4. The summed E-state index contributed by atoms with van der Waals surface area (Å²) in [6.45, 7) is 4.72. The Balaban J connectivity index is 1.65. The number of likely N-dealkylation sites (tertiary alicyclic amines) is 1. The maximum Gasteiger partial charge on any atom is 0.258 e. The lowest BCUT2D eigenvalue weighted by Gasteiger charge is -2.24. The first-order valence-electron chi connectivity index (χ1n) is 8.48. The predicted molar refractivity (Wildman–Crippen MR) is 94.2 cm³/mol. The molecule has 1 unspecified atom stereocenters. The molecule has 2 aromatic heterocycles. The predicted octanol–water partition coefficient (Wildman–Crippen LogP) is 3.56. The first-order chi connectivity index (χ1) is 11.8. The van der Waals surface area contributed by atoms with Gasteiger partial charge in [0, 0.05) is 24.0 Å². The van der Waals surface area contributed by atoms with Crippen LogP contribution in [0.3, 0.4) is 0 Å². The third-order valence-electron chi connectivity index (χ3n) is 4.97. The van der Waals surface area contributed by atoms with Crippen LogP contribution in [0.5, 0.6) is 5.88 Å². The Kier molecular flexibility index (Phi) is 3.94. The first kappa shape index (κ1) is 15.1. The van der Waals surface area contributed by atoms with Crippen molar-refractivity contribution < 1.29 is 4.74 Å². The molecule has 1 aliphatic heterocycles. The first-order valence-corrected chi connectivity index (χ1v) is 8.48. The van der Waals surface area contributed by atoms with Crippen LogP contribution in [0.25, 0.3) is 16.9 Å². The van der Waals surface area contributed by atoms with E-state index in [1.807, 2.05) is 16.8 Å². The van der Waals surface area contributed by atoms with Gasteiger partial charge in [0.2, 0.25) is 5.65 Å². The lowest BCUT2D eigenvalue weighted by Crippen LogP contribution is -2.23. The Hall–Kier alpha value is -2.40. The minimum absolute atomic E-state index is 0.480. The molecule has 1 aliphatic rings. The van der Waals surface area contributed by atoms with Crippen molar-refractivity contribution in [2.45, 2.75) is 25.8 Å². The summed E-state index contributed by atoms with van der Waals surface area (Å²) in [5, 5.41) is 0. The molecule has 0 spiro atoms. The summed E-state index contributed by atoms with van der Waals surface area (Å²) < 4.78 is 7.30. The standard InChI is InChI=1S/C19H22N4O/c1-14(22-10-3-4-11-22)15-5-7-16(8-6-15)17-13-21-18-19(24-2)20-9-12-23(17)18/h5-9,12-14H,3-4,10-11H2,1-2H3. The molecule has 1 aromatic carbocycles. The van der Waals surface area contributed by atoms with Crippen LogP contribution in [0.4, 0.5) is 0 Å². The highest BCUT2D eigenvalue weighted by atomic mass is 16.5. The number of hydrogen-bond acceptors (Lipinski definition) is 4. The molecule has 1 saturated heterocycles. The van der Waals surface area contributed by atoms with Gasteiger partial charge in [-0.15, -0.1) is 0 Å². The van der Waals surface area contributed by atoms with Crippen molar-refractivity contribution in [3.8, 4) is 17.1 Å². The Morgan fingerprint density at radius 3 is 2.54 bits per heavy atom. The molecule has 124 valence electrons. The normalized spacial score (nSPS) is 16.6. The lowest BCUT2D eigenvalue weighted by molar-refractivity contribution is 0.263. The summed E-state index contributed by atoms with van der Waals surface area (Å²) >= 11 is 0. The third kappa shape index (κ3) is 2.55. The van der Waals surface area contributed by atoms with Gasteiger partial charge in [-0.05, 0) is 38.4 Å². The van der Waals surface area contributed by atoms with Crippen molar-refractivity contribution in [3.63, 3.8) is 0 Å². The smallest absolute Gasteiger partial charge is 0.258 e. The summed E-state index contributed by atoms with van der Waals surface area (Å²) in [4.78, 5) is 11.2. The molecule has 0 N–H and O–H groups in total. The fourth-order valence-electron chi connectivity index (χ4n) is 3.53. The van der Waals surface area contributed by atoms with E-state index in [0.29, 0.717) is 11.9 Å². The molecule has 5 nitrogen and oxygen atoms in total. The number of benzene rings is 1. The topological polar surface area (TPSA) is 42.7 Å². The van der Waals surface area contributed by atoms with Crippen LogP contribution < -0.4 is 4.74 Å². The Morgan fingerprint density at radius 1 is 1.08 bits per heavy atom. The maximum absolute atomic E-state index is 5.28. The van der Waals surface area contributed by atoms with Gasteiger partial charge in [-0.1, -0.05) is 24.3 Å². The largest absolute Gasteiger partial charge is 0.478 e. The summed E-state index contributed by atoms with van der Waals surface area (Å²) in [6, 6.07) is 9.30. The molecule has 0 bridgehead atoms. The molecule has 3 heterocycles. The molecule has 1 fully saturated rings. The van der Waals surface area contributed by atoms with Gasteiger partial charge in [0.05, 0.1) is 19.0 Å². The van der Waals surface area contributed by atoms with Gasteiger partial charge < -0.3 is 4.74 Å². The van der Waals surface area contributed by atoms with Gasteiger partial charge >= 0.3 is 0 Å². The zero-order chi connectivity index (χ0) is 16.5. The molecule has 1 atom stereocenters. The van der Waals surface area contributed by atoms with Crippen LogP contribution >= 0.6 is 0 Å². The molecule has 4 rings (SSSR count). The van der Waals surface area contributed by atoms with E-state index >= 15 is 0 Å². The van der Waals surface area contributed by atoms with Crippen LogP contribution in [0.1, 0.15) is 31.4 Å². The summed E-state index contributed by atoms with van der Waals surface area (Å²) in [5.41, 5.74) is 4.30. The highest BCUT2D eigenvalue weighted by Crippen LogP contribution is 2.28. The monoisotopic (exact) mass is 322 g/mol. The number of hydrogen-bond donors (Lipinski definition) is 0.